The van der Waals surface area contributed by atoms with E-state index >= 15 is 0 Å². The fraction of sp³-hybridized carbons (Fsp3) is 0.556. The summed E-state index contributed by atoms with van der Waals surface area (Å²) in [5.41, 5.74) is 1.40. The average molecular weight is 326 g/mol. The maximum absolute atomic E-state index is 12.4. The van der Waals surface area contributed by atoms with Gasteiger partial charge in [-0.1, -0.05) is 37.8 Å². The molecule has 6 heteroatoms. The van der Waals surface area contributed by atoms with Crippen molar-refractivity contribution in [2.45, 2.75) is 51.0 Å². The van der Waals surface area contributed by atoms with Gasteiger partial charge >= 0.3 is 5.97 Å². The molecule has 0 spiro atoms. The first-order chi connectivity index (χ1) is 11.8. The van der Waals surface area contributed by atoms with Gasteiger partial charge in [0, 0.05) is 5.56 Å². The Hall–Kier alpha value is -2.24. The van der Waals surface area contributed by atoms with Crippen LogP contribution in [0.1, 0.15) is 55.3 Å². The zero-order valence-corrected chi connectivity index (χ0v) is 13.6. The monoisotopic (exact) mass is 326 g/mol. The summed E-state index contributed by atoms with van der Waals surface area (Å²) < 4.78 is 5.77. The number of H-pyrrole nitrogens is 1. The first kappa shape index (κ1) is 15.3. The number of rotatable bonds is 3. The van der Waals surface area contributed by atoms with E-state index in [-0.39, 0.29) is 12.1 Å². The lowest BCUT2D eigenvalue weighted by Gasteiger charge is -2.38. The van der Waals surface area contributed by atoms with Crippen molar-refractivity contribution in [2.75, 3.05) is 0 Å². The summed E-state index contributed by atoms with van der Waals surface area (Å²) in [7, 11) is 0. The molecule has 1 heterocycles. The highest BCUT2D eigenvalue weighted by Gasteiger charge is 2.33. The first-order valence-electron chi connectivity index (χ1n) is 8.84. The molecular formula is C18H22N4O2. The molecule has 1 aromatic heterocycles. The van der Waals surface area contributed by atoms with Crippen LogP contribution >= 0.6 is 0 Å². The van der Waals surface area contributed by atoms with E-state index in [2.05, 4.69) is 20.6 Å². The van der Waals surface area contributed by atoms with Gasteiger partial charge in [-0.15, -0.1) is 10.2 Å². The number of nitrogens with zero attached hydrogens (tertiary/aromatic N) is 3. The van der Waals surface area contributed by atoms with Crippen LogP contribution in [0, 0.1) is 11.8 Å². The third-order valence-corrected chi connectivity index (χ3v) is 5.49. The molecule has 2 aromatic rings. The summed E-state index contributed by atoms with van der Waals surface area (Å²) in [5.74, 6) is 1.91. The Morgan fingerprint density at radius 3 is 2.58 bits per heavy atom. The zero-order valence-electron chi connectivity index (χ0n) is 13.6. The summed E-state index contributed by atoms with van der Waals surface area (Å²) in [6.07, 6.45) is 8.71. The lowest BCUT2D eigenvalue weighted by Crippen LogP contribution is -2.33. The van der Waals surface area contributed by atoms with Crippen LogP contribution in [0.4, 0.5) is 0 Å². The van der Waals surface area contributed by atoms with E-state index in [0.29, 0.717) is 11.4 Å². The fourth-order valence-electron chi connectivity index (χ4n) is 4.20. The Morgan fingerprint density at radius 1 is 1.04 bits per heavy atom. The van der Waals surface area contributed by atoms with Crippen LogP contribution in [0.5, 0.6) is 0 Å². The van der Waals surface area contributed by atoms with Crippen LogP contribution in [0.3, 0.4) is 0 Å². The molecule has 1 N–H and O–H groups in total. The lowest BCUT2D eigenvalue weighted by atomic mass is 9.70. The van der Waals surface area contributed by atoms with Gasteiger partial charge in [-0.3, -0.25) is 0 Å². The fourth-order valence-corrected chi connectivity index (χ4v) is 4.20. The second-order valence-corrected chi connectivity index (χ2v) is 6.96. The molecule has 126 valence electrons. The Kier molecular flexibility index (Phi) is 4.28. The van der Waals surface area contributed by atoms with Gasteiger partial charge in [0.15, 0.2) is 0 Å². The van der Waals surface area contributed by atoms with Crippen LogP contribution in [0.25, 0.3) is 11.4 Å². The zero-order chi connectivity index (χ0) is 16.4. The molecule has 4 rings (SSSR count). The van der Waals surface area contributed by atoms with Gasteiger partial charge in [-0.05, 0) is 48.4 Å². The number of carbonyl (C=O) groups is 1. The van der Waals surface area contributed by atoms with E-state index in [9.17, 15) is 4.79 Å². The van der Waals surface area contributed by atoms with Gasteiger partial charge in [0.2, 0.25) is 5.82 Å². The Balaban J connectivity index is 1.37. The largest absolute Gasteiger partial charge is 0.459 e. The number of aromatic nitrogens is 4. The van der Waals surface area contributed by atoms with Gasteiger partial charge in [0.1, 0.15) is 6.10 Å². The van der Waals surface area contributed by atoms with E-state index in [1.54, 1.807) is 12.1 Å². The van der Waals surface area contributed by atoms with Crippen molar-refractivity contribution in [3.63, 3.8) is 0 Å². The van der Waals surface area contributed by atoms with Gasteiger partial charge < -0.3 is 4.74 Å². The van der Waals surface area contributed by atoms with Crippen LogP contribution in [0.2, 0.25) is 0 Å². The highest BCUT2D eigenvalue weighted by molar-refractivity contribution is 5.90. The Morgan fingerprint density at radius 2 is 1.83 bits per heavy atom. The van der Waals surface area contributed by atoms with Gasteiger partial charge in [0.25, 0.3) is 0 Å². The number of esters is 1. The predicted molar refractivity (Wildman–Crippen MR) is 88.1 cm³/mol. The first-order valence-corrected chi connectivity index (χ1v) is 8.84. The standard InChI is InChI=1S/C18H22N4O2/c23-18(14-7-5-13(6-8-14)17-19-21-22-20-17)24-16-10-9-12-3-1-2-4-15(12)11-16/h5-8,12,15-16H,1-4,9-11H2,(H,19,20,21,22). The highest BCUT2D eigenvalue weighted by Crippen LogP contribution is 2.41. The number of hydrogen-bond acceptors (Lipinski definition) is 5. The molecule has 3 unspecified atom stereocenters. The van der Waals surface area contributed by atoms with E-state index in [0.717, 1.165) is 30.2 Å². The summed E-state index contributed by atoms with van der Waals surface area (Å²) >= 11 is 0. The molecule has 0 aliphatic heterocycles. The molecule has 2 fully saturated rings. The Labute approximate surface area is 141 Å². The van der Waals surface area contributed by atoms with E-state index in [1.807, 2.05) is 12.1 Å². The maximum Gasteiger partial charge on any atom is 0.338 e. The minimum Gasteiger partial charge on any atom is -0.459 e. The number of hydrogen-bond donors (Lipinski definition) is 1. The molecule has 0 amide bonds. The summed E-state index contributed by atoms with van der Waals surface area (Å²) in [5, 5.41) is 13.8. The van der Waals surface area contributed by atoms with Crippen molar-refractivity contribution in [2.24, 2.45) is 11.8 Å². The van der Waals surface area contributed by atoms with Gasteiger partial charge in [-0.2, -0.15) is 5.21 Å². The molecule has 0 saturated heterocycles. The second kappa shape index (κ2) is 6.71. The quantitative estimate of drug-likeness (QED) is 0.875. The van der Waals surface area contributed by atoms with Crippen molar-refractivity contribution in [1.29, 1.82) is 0 Å². The minimum atomic E-state index is -0.228. The van der Waals surface area contributed by atoms with Gasteiger partial charge in [0.05, 0.1) is 5.56 Å². The number of benzene rings is 1. The molecule has 0 bridgehead atoms. The topological polar surface area (TPSA) is 80.8 Å². The summed E-state index contributed by atoms with van der Waals surface area (Å²) in [4.78, 5) is 12.4. The number of ether oxygens (including phenoxy) is 1. The van der Waals surface area contributed by atoms with Crippen LogP contribution in [-0.4, -0.2) is 32.7 Å². The SMILES string of the molecule is O=C(OC1CCC2CCCCC2C1)c1ccc(-c2nn[nH]n2)cc1. The predicted octanol–water partition coefficient (Wildman–Crippen LogP) is 3.38. The van der Waals surface area contributed by atoms with Crippen molar-refractivity contribution in [3.8, 4) is 11.4 Å². The van der Waals surface area contributed by atoms with Crippen LogP contribution < -0.4 is 0 Å². The maximum atomic E-state index is 12.4. The van der Waals surface area contributed by atoms with Crippen molar-refractivity contribution < 1.29 is 9.53 Å². The van der Waals surface area contributed by atoms with E-state index in [1.165, 1.54) is 32.1 Å². The normalized spacial score (nSPS) is 26.6. The molecule has 1 aromatic carbocycles. The number of carbonyl (C=O) groups excluding carboxylic acids is 1. The van der Waals surface area contributed by atoms with Crippen LogP contribution in [-0.2, 0) is 4.74 Å². The van der Waals surface area contributed by atoms with E-state index < -0.39 is 0 Å². The average Bonchev–Trinajstić information content (AvgIpc) is 3.16. The van der Waals surface area contributed by atoms with Crippen LogP contribution in [0.15, 0.2) is 24.3 Å². The van der Waals surface area contributed by atoms with Gasteiger partial charge in [-0.25, -0.2) is 4.79 Å². The smallest absolute Gasteiger partial charge is 0.338 e. The molecule has 2 aliphatic carbocycles. The Bertz CT molecular complexity index is 684. The summed E-state index contributed by atoms with van der Waals surface area (Å²) in [6.45, 7) is 0. The second-order valence-electron chi connectivity index (χ2n) is 6.96. The number of tetrazole rings is 1. The molecule has 0 radical (unpaired) electrons. The summed E-state index contributed by atoms with van der Waals surface area (Å²) in [6, 6.07) is 7.17. The van der Waals surface area contributed by atoms with Crippen molar-refractivity contribution >= 4 is 5.97 Å². The number of fused-ring (bicyclic) bond motifs is 1. The minimum absolute atomic E-state index is 0.0775. The third-order valence-electron chi connectivity index (χ3n) is 5.49. The molecule has 24 heavy (non-hydrogen) atoms. The number of aromatic amines is 1. The molecule has 6 nitrogen and oxygen atoms in total. The lowest BCUT2D eigenvalue weighted by molar-refractivity contribution is -0.000921. The highest BCUT2D eigenvalue weighted by atomic mass is 16.5. The molecule has 2 saturated carbocycles. The third kappa shape index (κ3) is 3.18. The molecule has 2 aliphatic rings. The molecular weight excluding hydrogens is 304 g/mol. The van der Waals surface area contributed by atoms with Crippen molar-refractivity contribution in [1.82, 2.24) is 20.6 Å². The van der Waals surface area contributed by atoms with Crippen molar-refractivity contribution in [3.05, 3.63) is 29.8 Å². The number of nitrogens with one attached hydrogen (secondary N) is 1. The van der Waals surface area contributed by atoms with E-state index in [4.69, 9.17) is 4.74 Å². The molecule has 3 atom stereocenters.